The first kappa shape index (κ1) is 36.4. The van der Waals surface area contributed by atoms with E-state index in [0.29, 0.717) is 11.3 Å². The van der Waals surface area contributed by atoms with Crippen molar-refractivity contribution in [2.75, 3.05) is 30.5 Å². The van der Waals surface area contributed by atoms with E-state index in [2.05, 4.69) is 0 Å². The Morgan fingerprint density at radius 2 is 1.41 bits per heavy atom. The summed E-state index contributed by atoms with van der Waals surface area (Å²) in [6, 6.07) is 10.4. The second-order valence-electron chi connectivity index (χ2n) is 13.9. The third kappa shape index (κ3) is 6.38. The van der Waals surface area contributed by atoms with Gasteiger partial charge in [-0.3, -0.25) is 13.7 Å². The molecule has 51 heavy (non-hydrogen) atoms. The molecule has 0 saturated carbocycles. The van der Waals surface area contributed by atoms with Crippen LogP contribution in [0.25, 0.3) is 16.7 Å². The topological polar surface area (TPSA) is 216 Å². The number of hydrogen-bond acceptors (Lipinski definition) is 9. The van der Waals surface area contributed by atoms with E-state index in [1.165, 1.54) is 42.0 Å². The zero-order chi connectivity index (χ0) is 37.8. The van der Waals surface area contributed by atoms with Crippen molar-refractivity contribution >= 4 is 58.7 Å². The summed E-state index contributed by atoms with van der Waals surface area (Å²) in [6.07, 6.45) is 3.21. The van der Waals surface area contributed by atoms with E-state index in [1.54, 1.807) is 45.2 Å². The molecule has 0 aromatic heterocycles. The Morgan fingerprint density at radius 1 is 0.824 bits per heavy atom. The van der Waals surface area contributed by atoms with Crippen LogP contribution in [0.2, 0.25) is 0 Å². The number of aromatic carboxylic acids is 1. The molecule has 0 radical (unpaired) electrons. The van der Waals surface area contributed by atoms with Crippen LogP contribution < -0.4 is 24.8 Å². The molecule has 0 amide bonds. The van der Waals surface area contributed by atoms with Crippen LogP contribution in [0.3, 0.4) is 0 Å². The number of rotatable bonds is 7. The molecule has 14 nitrogen and oxygen atoms in total. The van der Waals surface area contributed by atoms with Gasteiger partial charge in [0, 0.05) is 54.6 Å². The Kier molecular flexibility index (Phi) is 8.25. The summed E-state index contributed by atoms with van der Waals surface area (Å²) in [4.78, 5) is 13.7. The minimum absolute atomic E-state index is 0.00424. The van der Waals surface area contributed by atoms with Crippen LogP contribution in [0.1, 0.15) is 60.3 Å². The summed E-state index contributed by atoms with van der Waals surface area (Å²) in [6.45, 7) is 6.97. The highest BCUT2D eigenvalue weighted by atomic mass is 32.2. The van der Waals surface area contributed by atoms with Crippen LogP contribution in [0.4, 0.5) is 5.69 Å². The zero-order valence-electron chi connectivity index (χ0n) is 28.3. The van der Waals surface area contributed by atoms with Crippen LogP contribution in [0, 0.1) is 0 Å². The molecular formula is C34H35N2O12S3+. The van der Waals surface area contributed by atoms with Crippen LogP contribution in [-0.2, 0) is 30.4 Å². The number of carboxylic acid groups (broad SMARTS) is 1. The molecule has 3 aliphatic rings. The lowest BCUT2D eigenvalue weighted by molar-refractivity contribution is 0.0696. The first-order valence-corrected chi connectivity index (χ1v) is 20.0. The molecule has 6 rings (SSSR count). The molecule has 3 aliphatic heterocycles. The Hall–Kier alpha value is -4.39. The Labute approximate surface area is 294 Å². The molecule has 0 saturated heterocycles. The van der Waals surface area contributed by atoms with Crippen LogP contribution >= 0.6 is 0 Å². The van der Waals surface area contributed by atoms with E-state index in [4.69, 9.17) is 4.74 Å². The monoisotopic (exact) mass is 759 g/mol. The smallest absolute Gasteiger partial charge is 0.336 e. The van der Waals surface area contributed by atoms with Crippen molar-refractivity contribution in [3.05, 3.63) is 93.0 Å². The maximum absolute atomic E-state index is 13.5. The first-order valence-electron chi connectivity index (χ1n) is 15.4. The Bertz CT molecular complexity index is 2640. The van der Waals surface area contributed by atoms with E-state index in [-0.39, 0.29) is 61.0 Å². The number of likely N-dealkylation sites (N-methyl/N-ethyl adjacent to an activating group) is 2. The summed E-state index contributed by atoms with van der Waals surface area (Å²) in [5, 5.41) is 10.1. The van der Waals surface area contributed by atoms with Gasteiger partial charge in [-0.05, 0) is 54.8 Å². The van der Waals surface area contributed by atoms with Crippen LogP contribution in [-0.4, -0.2) is 86.7 Å². The van der Waals surface area contributed by atoms with Gasteiger partial charge in [-0.2, -0.15) is 25.3 Å². The summed E-state index contributed by atoms with van der Waals surface area (Å²) in [5.74, 6) is -3.34. The number of carboxylic acids is 1. The maximum atomic E-state index is 13.5. The van der Waals surface area contributed by atoms with Crippen molar-refractivity contribution in [2.24, 2.45) is 0 Å². The highest BCUT2D eigenvalue weighted by molar-refractivity contribution is 7.86. The number of hydrogen-bond donors (Lipinski definition) is 4. The highest BCUT2D eigenvalue weighted by Crippen LogP contribution is 2.47. The average Bonchev–Trinajstić information content (AvgIpc) is 2.97. The number of carbonyl (C=O) groups is 1. The number of nitrogens with zero attached hydrogens (tertiary/aromatic N) is 2. The molecule has 0 unspecified atom stereocenters. The maximum Gasteiger partial charge on any atom is 0.336 e. The Balaban J connectivity index is 1.88. The SMILES string of the molecule is CN1c2cc3c(cc2C(CS(=O)(=O)O)=CC1(C)C)C(c1ccccc1C(=O)O)=c1cc2c(c(S(=O)(=O)O)c1O3)=[N+](C)C(C)(C)C=C2CS(=O)(=O)O. The van der Waals surface area contributed by atoms with Crippen molar-refractivity contribution in [1.29, 1.82) is 0 Å². The normalized spacial score (nSPS) is 17.7. The third-order valence-corrected chi connectivity index (χ3v) is 11.8. The van der Waals surface area contributed by atoms with Gasteiger partial charge < -0.3 is 14.7 Å². The molecule has 3 heterocycles. The number of anilines is 1. The van der Waals surface area contributed by atoms with Gasteiger partial charge in [0.15, 0.2) is 11.3 Å². The molecule has 3 aromatic carbocycles. The number of ether oxygens (including phenoxy) is 1. The molecule has 3 aromatic rings. The molecule has 0 aliphatic carbocycles. The summed E-state index contributed by atoms with van der Waals surface area (Å²) in [7, 11) is -11.1. The largest absolute Gasteiger partial charge is 0.478 e. The van der Waals surface area contributed by atoms with Crippen LogP contribution in [0.5, 0.6) is 11.5 Å². The quantitative estimate of drug-likeness (QED) is 0.158. The Morgan fingerprint density at radius 3 is 1.98 bits per heavy atom. The summed E-state index contributed by atoms with van der Waals surface area (Å²) in [5.41, 5.74) is -0.575. The van der Waals surface area contributed by atoms with Gasteiger partial charge in [-0.15, -0.1) is 0 Å². The van der Waals surface area contributed by atoms with Gasteiger partial charge in [-0.25, -0.2) is 9.37 Å². The second-order valence-corrected chi connectivity index (χ2v) is 18.1. The van der Waals surface area contributed by atoms with Crippen molar-refractivity contribution in [2.45, 2.75) is 43.7 Å². The molecule has 0 atom stereocenters. The fourth-order valence-corrected chi connectivity index (χ4v) is 9.12. The lowest BCUT2D eigenvalue weighted by Crippen LogP contribution is -2.49. The van der Waals surface area contributed by atoms with Gasteiger partial charge in [-0.1, -0.05) is 24.3 Å². The first-order chi connectivity index (χ1) is 23.3. The van der Waals surface area contributed by atoms with E-state index in [1.807, 2.05) is 18.7 Å². The van der Waals surface area contributed by atoms with Gasteiger partial charge >= 0.3 is 16.1 Å². The lowest BCUT2D eigenvalue weighted by atomic mass is 9.83. The molecular weight excluding hydrogens is 725 g/mol. The van der Waals surface area contributed by atoms with E-state index >= 15 is 0 Å². The molecule has 0 fully saturated rings. The lowest BCUT2D eigenvalue weighted by Gasteiger charge is -2.41. The van der Waals surface area contributed by atoms with E-state index in [9.17, 15) is 48.8 Å². The zero-order valence-corrected chi connectivity index (χ0v) is 30.7. The van der Waals surface area contributed by atoms with Gasteiger partial charge in [0.1, 0.15) is 24.3 Å². The third-order valence-electron chi connectivity index (χ3n) is 9.59. The standard InChI is InChI=1S/C34H34N2O12S3/c1-33(2)14-18(16-49(39,40)41)22-11-24-27(13-26(22)35(33)5)48-30-25(28(24)20-9-7-8-10-21(20)32(37)38)12-23-19(17-50(42,43)44)15-34(3,4)36(6)29(23)31(30)51(45,46)47/h7-15H,16-17H2,1-6H3,(H3-,37,38,39,40,41,42,43,44,45,46,47)/p+1. The van der Waals surface area contributed by atoms with Gasteiger partial charge in [0.25, 0.3) is 20.2 Å². The molecule has 17 heteroatoms. The number of benzene rings is 3. The van der Waals surface area contributed by atoms with Gasteiger partial charge in [0.05, 0.1) is 16.7 Å². The predicted octanol–water partition coefficient (Wildman–Crippen LogP) is 2.67. The average molecular weight is 760 g/mol. The molecule has 270 valence electrons. The second kappa shape index (κ2) is 11.6. The molecule has 0 spiro atoms. The van der Waals surface area contributed by atoms with Crippen molar-refractivity contribution < 1.29 is 53.5 Å². The van der Waals surface area contributed by atoms with E-state index < -0.39 is 63.8 Å². The van der Waals surface area contributed by atoms with Gasteiger partial charge in [0.2, 0.25) is 10.3 Å². The fraction of sp³-hybridized carbons (Fsp3) is 0.294. The van der Waals surface area contributed by atoms with E-state index in [0.717, 1.165) is 0 Å². The molecule has 4 N–H and O–H groups in total. The summed E-state index contributed by atoms with van der Waals surface area (Å²) >= 11 is 0. The highest BCUT2D eigenvalue weighted by Gasteiger charge is 2.41. The number of fused-ring (bicyclic) bond motifs is 4. The van der Waals surface area contributed by atoms with Crippen LogP contribution in [0.15, 0.2) is 59.5 Å². The van der Waals surface area contributed by atoms with Crippen molar-refractivity contribution in [3.63, 3.8) is 0 Å². The van der Waals surface area contributed by atoms with Crippen molar-refractivity contribution in [3.8, 4) is 11.5 Å². The predicted molar refractivity (Wildman–Crippen MR) is 190 cm³/mol. The summed E-state index contributed by atoms with van der Waals surface area (Å²) < 4.78 is 114. The van der Waals surface area contributed by atoms with Crippen molar-refractivity contribution in [1.82, 2.24) is 4.58 Å². The minimum Gasteiger partial charge on any atom is -0.478 e. The molecule has 0 bridgehead atoms. The fourth-order valence-electron chi connectivity index (χ4n) is 6.98. The minimum atomic E-state index is -5.20.